The molecular formula is C17H20N2O3S3. The van der Waals surface area contributed by atoms with Crippen LogP contribution < -0.4 is 5.14 Å². The molecule has 0 aromatic heterocycles. The molecular weight excluding hydrogens is 376 g/mol. The van der Waals surface area contributed by atoms with E-state index >= 15 is 0 Å². The minimum atomic E-state index is -3.77. The van der Waals surface area contributed by atoms with Gasteiger partial charge in [0.15, 0.2) is 0 Å². The van der Waals surface area contributed by atoms with Gasteiger partial charge in [0.05, 0.1) is 9.80 Å². The summed E-state index contributed by atoms with van der Waals surface area (Å²) in [5.74, 6) is 0.419. The van der Waals surface area contributed by atoms with Crippen molar-refractivity contribution in [2.75, 3.05) is 6.54 Å². The summed E-state index contributed by atoms with van der Waals surface area (Å²) in [6, 6.07) is 6.24. The van der Waals surface area contributed by atoms with E-state index in [4.69, 9.17) is 17.4 Å². The molecule has 1 saturated carbocycles. The maximum absolute atomic E-state index is 12.7. The molecule has 134 valence electrons. The van der Waals surface area contributed by atoms with Crippen molar-refractivity contribution in [1.29, 1.82) is 0 Å². The van der Waals surface area contributed by atoms with Gasteiger partial charge in [-0.15, -0.1) is 0 Å². The van der Waals surface area contributed by atoms with Crippen molar-refractivity contribution >= 4 is 50.3 Å². The first-order valence-electron chi connectivity index (χ1n) is 8.23. The van der Waals surface area contributed by atoms with Gasteiger partial charge in [0.1, 0.15) is 4.32 Å². The van der Waals surface area contributed by atoms with Crippen LogP contribution in [0.15, 0.2) is 34.1 Å². The minimum Gasteiger partial charge on any atom is -0.293 e. The van der Waals surface area contributed by atoms with Crippen LogP contribution in [0.5, 0.6) is 0 Å². The quantitative estimate of drug-likeness (QED) is 0.625. The SMILES string of the molecule is NS(=O)(=O)c1cccc(/C=C2\SC(=S)N(CC3CCCCC3)C2=O)c1. The third kappa shape index (κ3) is 4.49. The van der Waals surface area contributed by atoms with Crippen LogP contribution >= 0.6 is 24.0 Å². The Morgan fingerprint density at radius 1 is 1.28 bits per heavy atom. The molecule has 2 N–H and O–H groups in total. The number of thioether (sulfide) groups is 1. The third-order valence-corrected chi connectivity index (χ3v) is 6.81. The summed E-state index contributed by atoms with van der Waals surface area (Å²) in [7, 11) is -3.77. The second-order valence-corrected chi connectivity index (χ2v) is 9.65. The number of nitrogens with zero attached hydrogens (tertiary/aromatic N) is 1. The van der Waals surface area contributed by atoms with E-state index in [0.29, 0.717) is 27.3 Å². The number of hydrogen-bond donors (Lipinski definition) is 1. The Balaban J connectivity index is 1.78. The number of primary sulfonamides is 1. The fraction of sp³-hybridized carbons (Fsp3) is 0.412. The Morgan fingerprint density at radius 3 is 2.68 bits per heavy atom. The van der Waals surface area contributed by atoms with Crippen molar-refractivity contribution in [3.05, 3.63) is 34.7 Å². The van der Waals surface area contributed by atoms with Crippen molar-refractivity contribution in [3.8, 4) is 0 Å². The van der Waals surface area contributed by atoms with Crippen molar-refractivity contribution in [3.63, 3.8) is 0 Å². The molecule has 1 aromatic carbocycles. The van der Waals surface area contributed by atoms with Gasteiger partial charge in [-0.1, -0.05) is 55.4 Å². The molecule has 25 heavy (non-hydrogen) atoms. The highest BCUT2D eigenvalue weighted by atomic mass is 32.2. The summed E-state index contributed by atoms with van der Waals surface area (Å²) in [4.78, 5) is 14.9. The molecule has 0 spiro atoms. The highest BCUT2D eigenvalue weighted by molar-refractivity contribution is 8.26. The summed E-state index contributed by atoms with van der Waals surface area (Å²) >= 11 is 6.64. The predicted molar refractivity (Wildman–Crippen MR) is 104 cm³/mol. The van der Waals surface area contributed by atoms with Crippen molar-refractivity contribution < 1.29 is 13.2 Å². The standard InChI is InChI=1S/C17H20N2O3S3/c18-25(21,22)14-8-4-7-13(9-14)10-15-16(20)19(17(23)24-15)11-12-5-2-1-3-6-12/h4,7-10,12H,1-3,5-6,11H2,(H2,18,21,22)/b15-10-. The monoisotopic (exact) mass is 396 g/mol. The first-order chi connectivity index (χ1) is 11.8. The van der Waals surface area contributed by atoms with E-state index in [1.807, 2.05) is 0 Å². The normalized spacial score (nSPS) is 21.3. The summed E-state index contributed by atoms with van der Waals surface area (Å²) in [5.41, 5.74) is 0.615. The zero-order chi connectivity index (χ0) is 18.0. The Morgan fingerprint density at radius 2 is 2.00 bits per heavy atom. The molecule has 1 aliphatic heterocycles. The molecule has 1 aliphatic carbocycles. The van der Waals surface area contributed by atoms with Crippen LogP contribution in [0.3, 0.4) is 0 Å². The molecule has 2 fully saturated rings. The second-order valence-electron chi connectivity index (χ2n) is 6.41. The van der Waals surface area contributed by atoms with E-state index in [0.717, 1.165) is 12.8 Å². The molecule has 1 amide bonds. The first-order valence-corrected chi connectivity index (χ1v) is 11.0. The van der Waals surface area contributed by atoms with Gasteiger partial charge in [-0.25, -0.2) is 13.6 Å². The largest absolute Gasteiger partial charge is 0.293 e. The van der Waals surface area contributed by atoms with E-state index in [2.05, 4.69) is 0 Å². The Bertz CT molecular complexity index is 827. The molecule has 0 radical (unpaired) electrons. The van der Waals surface area contributed by atoms with Crippen LogP contribution in [-0.2, 0) is 14.8 Å². The number of nitrogens with two attached hydrogens (primary N) is 1. The van der Waals surface area contributed by atoms with E-state index < -0.39 is 10.0 Å². The van der Waals surface area contributed by atoms with Gasteiger partial charge in [-0.2, -0.15) is 0 Å². The smallest absolute Gasteiger partial charge is 0.266 e. The van der Waals surface area contributed by atoms with Crippen molar-refractivity contribution in [2.45, 2.75) is 37.0 Å². The molecule has 0 atom stereocenters. The van der Waals surface area contributed by atoms with Gasteiger partial charge in [0, 0.05) is 6.54 Å². The maximum Gasteiger partial charge on any atom is 0.266 e. The van der Waals surface area contributed by atoms with E-state index in [-0.39, 0.29) is 10.8 Å². The lowest BCUT2D eigenvalue weighted by molar-refractivity contribution is -0.122. The Kier molecular flexibility index (Phi) is 5.62. The molecule has 0 bridgehead atoms. The molecule has 3 rings (SSSR count). The number of rotatable bonds is 4. The predicted octanol–water partition coefficient (Wildman–Crippen LogP) is 3.12. The van der Waals surface area contributed by atoms with Gasteiger partial charge in [0.2, 0.25) is 10.0 Å². The van der Waals surface area contributed by atoms with Gasteiger partial charge >= 0.3 is 0 Å². The number of sulfonamides is 1. The van der Waals surface area contributed by atoms with Crippen LogP contribution in [0.25, 0.3) is 6.08 Å². The molecule has 5 nitrogen and oxygen atoms in total. The lowest BCUT2D eigenvalue weighted by Gasteiger charge is -2.26. The highest BCUT2D eigenvalue weighted by Gasteiger charge is 2.33. The van der Waals surface area contributed by atoms with Crippen LogP contribution in [0.1, 0.15) is 37.7 Å². The fourth-order valence-electron chi connectivity index (χ4n) is 3.22. The van der Waals surface area contributed by atoms with Gasteiger partial charge < -0.3 is 0 Å². The number of carbonyl (C=O) groups excluding carboxylic acids is 1. The first kappa shape index (κ1) is 18.6. The van der Waals surface area contributed by atoms with E-state index in [9.17, 15) is 13.2 Å². The maximum atomic E-state index is 12.7. The summed E-state index contributed by atoms with van der Waals surface area (Å²) in [6.45, 7) is 0.680. The molecule has 1 saturated heterocycles. The average Bonchev–Trinajstić information content (AvgIpc) is 2.83. The molecule has 8 heteroatoms. The van der Waals surface area contributed by atoms with Crippen LogP contribution in [0.2, 0.25) is 0 Å². The number of thiocarbonyl (C=S) groups is 1. The van der Waals surface area contributed by atoms with Gasteiger partial charge in [0.25, 0.3) is 5.91 Å². The third-order valence-electron chi connectivity index (χ3n) is 4.52. The Hall–Kier alpha value is -1.22. The zero-order valence-corrected chi connectivity index (χ0v) is 16.1. The molecule has 2 aliphatic rings. The second kappa shape index (κ2) is 7.57. The van der Waals surface area contributed by atoms with E-state index in [1.165, 1.54) is 43.2 Å². The summed E-state index contributed by atoms with van der Waals surface area (Å²) < 4.78 is 23.5. The summed E-state index contributed by atoms with van der Waals surface area (Å²) in [5, 5.41) is 5.16. The fourth-order valence-corrected chi connectivity index (χ4v) is 5.06. The molecule has 1 aromatic rings. The van der Waals surface area contributed by atoms with Gasteiger partial charge in [-0.05, 0) is 42.5 Å². The highest BCUT2D eigenvalue weighted by Crippen LogP contribution is 2.35. The topological polar surface area (TPSA) is 80.5 Å². The number of amides is 1. The Labute approximate surface area is 157 Å². The lowest BCUT2D eigenvalue weighted by Crippen LogP contribution is -2.33. The van der Waals surface area contributed by atoms with Crippen LogP contribution in [0, 0.1) is 5.92 Å². The van der Waals surface area contributed by atoms with Gasteiger partial charge in [-0.3, -0.25) is 9.69 Å². The molecule has 0 unspecified atom stereocenters. The number of carbonyl (C=O) groups is 1. The average molecular weight is 397 g/mol. The minimum absolute atomic E-state index is 0.0268. The van der Waals surface area contributed by atoms with Crippen LogP contribution in [-0.4, -0.2) is 30.1 Å². The number of benzene rings is 1. The van der Waals surface area contributed by atoms with E-state index in [1.54, 1.807) is 23.1 Å². The molecule has 1 heterocycles. The summed E-state index contributed by atoms with van der Waals surface area (Å²) in [6.07, 6.45) is 7.67. The van der Waals surface area contributed by atoms with Crippen molar-refractivity contribution in [2.24, 2.45) is 11.1 Å². The lowest BCUT2D eigenvalue weighted by atomic mass is 9.89. The zero-order valence-electron chi connectivity index (χ0n) is 13.7. The van der Waals surface area contributed by atoms with Crippen LogP contribution in [0.4, 0.5) is 0 Å². The van der Waals surface area contributed by atoms with Crippen molar-refractivity contribution in [1.82, 2.24) is 4.90 Å². The number of hydrogen-bond acceptors (Lipinski definition) is 5.